The Hall–Kier alpha value is -2.60. The molecular formula is C19H22FN3O2. The maximum absolute atomic E-state index is 13.8. The zero-order valence-corrected chi connectivity index (χ0v) is 14.4. The van der Waals surface area contributed by atoms with Crippen molar-refractivity contribution in [3.63, 3.8) is 0 Å². The van der Waals surface area contributed by atoms with Crippen molar-refractivity contribution in [2.45, 2.75) is 19.1 Å². The lowest BCUT2D eigenvalue weighted by molar-refractivity contribution is 0.0315. The lowest BCUT2D eigenvalue weighted by Gasteiger charge is -2.25. The molecule has 0 aromatic heterocycles. The lowest BCUT2D eigenvalue weighted by atomic mass is 10.0. The number of likely N-dealkylation sites (tertiary alicyclic amines) is 1. The number of ether oxygens (including phenoxy) is 1. The van der Waals surface area contributed by atoms with Gasteiger partial charge in [0.1, 0.15) is 5.82 Å². The number of carbonyl (C=O) groups is 1. The number of amides is 1. The highest BCUT2D eigenvalue weighted by Crippen LogP contribution is 2.32. The van der Waals surface area contributed by atoms with Gasteiger partial charge in [0, 0.05) is 24.8 Å². The Morgan fingerprint density at radius 2 is 2.12 bits per heavy atom. The topological polar surface area (TPSA) is 58.8 Å². The number of hydrogen-bond donors (Lipinski definition) is 1. The molecule has 5 nitrogen and oxygen atoms in total. The van der Waals surface area contributed by atoms with Crippen molar-refractivity contribution in [1.29, 1.82) is 0 Å². The fourth-order valence-electron chi connectivity index (χ4n) is 3.06. The molecule has 3 rings (SSSR count). The minimum atomic E-state index is -0.462. The van der Waals surface area contributed by atoms with Crippen LogP contribution in [0.15, 0.2) is 42.5 Å². The Morgan fingerprint density at radius 1 is 1.32 bits per heavy atom. The zero-order chi connectivity index (χ0) is 18.0. The summed E-state index contributed by atoms with van der Waals surface area (Å²) in [6, 6.07) is 11.4. The number of halogens is 1. The van der Waals surface area contributed by atoms with Gasteiger partial charge in [-0.15, -0.1) is 0 Å². The van der Waals surface area contributed by atoms with Crippen LogP contribution >= 0.6 is 0 Å². The molecule has 1 amide bonds. The monoisotopic (exact) mass is 343 g/mol. The quantitative estimate of drug-likeness (QED) is 0.864. The van der Waals surface area contributed by atoms with E-state index in [0.29, 0.717) is 16.9 Å². The predicted molar refractivity (Wildman–Crippen MR) is 96.8 cm³/mol. The van der Waals surface area contributed by atoms with Crippen LogP contribution < -0.4 is 10.6 Å². The van der Waals surface area contributed by atoms with Crippen LogP contribution in [0.2, 0.25) is 0 Å². The minimum absolute atomic E-state index is 0.216. The molecule has 2 aromatic rings. The lowest BCUT2D eigenvalue weighted by Crippen LogP contribution is -2.36. The fraction of sp³-hybridized carbons (Fsp3) is 0.316. The molecule has 1 atom stereocenters. The van der Waals surface area contributed by atoms with Crippen LogP contribution in [0.1, 0.15) is 12.8 Å². The fourth-order valence-corrected chi connectivity index (χ4v) is 3.06. The summed E-state index contributed by atoms with van der Waals surface area (Å²) >= 11 is 0. The molecule has 6 heteroatoms. The van der Waals surface area contributed by atoms with Gasteiger partial charge in [0.2, 0.25) is 0 Å². The van der Waals surface area contributed by atoms with E-state index in [1.54, 1.807) is 31.3 Å². The minimum Gasteiger partial charge on any atom is -0.430 e. The Bertz CT molecular complexity index is 781. The van der Waals surface area contributed by atoms with Gasteiger partial charge in [0.25, 0.3) is 0 Å². The van der Waals surface area contributed by atoms with E-state index in [2.05, 4.69) is 0 Å². The molecular weight excluding hydrogens is 321 g/mol. The van der Waals surface area contributed by atoms with Gasteiger partial charge in [-0.3, -0.25) is 9.80 Å². The van der Waals surface area contributed by atoms with Crippen molar-refractivity contribution in [2.24, 2.45) is 0 Å². The summed E-state index contributed by atoms with van der Waals surface area (Å²) in [5, 5.41) is 0. The van der Waals surface area contributed by atoms with Gasteiger partial charge >= 0.3 is 6.09 Å². The summed E-state index contributed by atoms with van der Waals surface area (Å²) in [7, 11) is 3.56. The van der Waals surface area contributed by atoms with E-state index in [4.69, 9.17) is 10.5 Å². The second-order valence-electron chi connectivity index (χ2n) is 6.31. The molecule has 1 saturated heterocycles. The molecule has 0 unspecified atom stereocenters. The van der Waals surface area contributed by atoms with Crippen LogP contribution in [0.3, 0.4) is 0 Å². The maximum atomic E-state index is 13.8. The van der Waals surface area contributed by atoms with E-state index in [1.165, 1.54) is 17.0 Å². The van der Waals surface area contributed by atoms with Gasteiger partial charge < -0.3 is 10.5 Å². The summed E-state index contributed by atoms with van der Waals surface area (Å²) in [6.45, 7) is 0.909. The van der Waals surface area contributed by atoms with Crippen LogP contribution in [0, 0.1) is 5.82 Å². The molecule has 2 aromatic carbocycles. The molecule has 1 heterocycles. The Labute approximate surface area is 146 Å². The second kappa shape index (κ2) is 7.11. The summed E-state index contributed by atoms with van der Waals surface area (Å²) in [6.07, 6.45) is 1.15. The standard InChI is InChI=1S/C19H22FN3O2/c1-22-10-4-7-18(22)25-19(24)23(2)17-9-8-14(20)12-16(17)13-5-3-6-15(21)11-13/h3,5-6,8-9,11-12,18H,4,7,10,21H2,1-2H3/t18-/m0/s1. The first-order valence-electron chi connectivity index (χ1n) is 8.26. The van der Waals surface area contributed by atoms with Crippen molar-refractivity contribution < 1.29 is 13.9 Å². The van der Waals surface area contributed by atoms with Gasteiger partial charge in [0.15, 0.2) is 6.23 Å². The highest BCUT2D eigenvalue weighted by molar-refractivity contribution is 5.93. The average molecular weight is 343 g/mol. The molecule has 0 radical (unpaired) electrons. The first-order valence-corrected chi connectivity index (χ1v) is 8.26. The number of rotatable bonds is 3. The highest BCUT2D eigenvalue weighted by atomic mass is 19.1. The van der Waals surface area contributed by atoms with E-state index in [1.807, 2.05) is 18.0 Å². The number of nitrogens with two attached hydrogens (primary N) is 1. The average Bonchev–Trinajstić information content (AvgIpc) is 2.99. The Morgan fingerprint density at radius 3 is 2.80 bits per heavy atom. The number of benzene rings is 2. The molecule has 1 aliphatic heterocycles. The summed E-state index contributed by atoms with van der Waals surface area (Å²) in [5.41, 5.74) is 8.31. The smallest absolute Gasteiger partial charge is 0.415 e. The summed E-state index contributed by atoms with van der Waals surface area (Å²) in [5.74, 6) is -0.376. The van der Waals surface area contributed by atoms with Gasteiger partial charge in [-0.1, -0.05) is 12.1 Å². The molecule has 0 bridgehead atoms. The number of nitrogens with zero attached hydrogens (tertiary/aromatic N) is 2. The van der Waals surface area contributed by atoms with E-state index in [-0.39, 0.29) is 12.0 Å². The third-order valence-electron chi connectivity index (χ3n) is 4.48. The Balaban J connectivity index is 1.89. The normalized spacial score (nSPS) is 17.5. The van der Waals surface area contributed by atoms with E-state index in [0.717, 1.165) is 24.9 Å². The molecule has 0 saturated carbocycles. The van der Waals surface area contributed by atoms with Crippen molar-refractivity contribution in [3.8, 4) is 11.1 Å². The molecule has 0 spiro atoms. The molecule has 1 fully saturated rings. The predicted octanol–water partition coefficient (Wildman–Crippen LogP) is 3.70. The van der Waals surface area contributed by atoms with Crippen LogP contribution in [0.5, 0.6) is 0 Å². The first-order chi connectivity index (χ1) is 12.0. The first kappa shape index (κ1) is 17.2. The van der Waals surface area contributed by atoms with Gasteiger partial charge in [-0.05, 0) is 55.8 Å². The largest absolute Gasteiger partial charge is 0.430 e. The summed E-state index contributed by atoms with van der Waals surface area (Å²) < 4.78 is 19.4. The van der Waals surface area contributed by atoms with E-state index in [9.17, 15) is 9.18 Å². The summed E-state index contributed by atoms with van der Waals surface area (Å²) in [4.78, 5) is 16.0. The van der Waals surface area contributed by atoms with Crippen LogP contribution in [-0.2, 0) is 4.74 Å². The second-order valence-corrected chi connectivity index (χ2v) is 6.31. The van der Waals surface area contributed by atoms with Crippen molar-refractivity contribution in [2.75, 3.05) is 31.3 Å². The Kier molecular flexibility index (Phi) is 4.90. The SMILES string of the molecule is CN(C(=O)O[C@H]1CCCN1C)c1ccc(F)cc1-c1cccc(N)c1. The number of nitrogen functional groups attached to an aromatic ring is 1. The number of hydrogen-bond acceptors (Lipinski definition) is 4. The van der Waals surface area contributed by atoms with E-state index < -0.39 is 6.09 Å². The molecule has 1 aliphatic rings. The number of carbonyl (C=O) groups excluding carboxylic acids is 1. The number of anilines is 2. The van der Waals surface area contributed by atoms with E-state index >= 15 is 0 Å². The maximum Gasteiger partial charge on any atom is 0.415 e. The van der Waals surface area contributed by atoms with Crippen LogP contribution in [0.25, 0.3) is 11.1 Å². The van der Waals surface area contributed by atoms with Gasteiger partial charge in [-0.2, -0.15) is 0 Å². The third-order valence-corrected chi connectivity index (χ3v) is 4.48. The van der Waals surface area contributed by atoms with Gasteiger partial charge in [-0.25, -0.2) is 9.18 Å². The highest BCUT2D eigenvalue weighted by Gasteiger charge is 2.27. The third kappa shape index (κ3) is 3.74. The molecule has 2 N–H and O–H groups in total. The van der Waals surface area contributed by atoms with Crippen molar-refractivity contribution in [3.05, 3.63) is 48.3 Å². The van der Waals surface area contributed by atoms with Crippen LogP contribution in [-0.4, -0.2) is 37.9 Å². The van der Waals surface area contributed by atoms with Gasteiger partial charge in [0.05, 0.1) is 5.69 Å². The van der Waals surface area contributed by atoms with Crippen molar-refractivity contribution >= 4 is 17.5 Å². The zero-order valence-electron chi connectivity index (χ0n) is 14.4. The molecule has 0 aliphatic carbocycles. The molecule has 132 valence electrons. The van der Waals surface area contributed by atoms with Crippen molar-refractivity contribution in [1.82, 2.24) is 4.90 Å². The molecule has 25 heavy (non-hydrogen) atoms. The van der Waals surface area contributed by atoms with Crippen LogP contribution in [0.4, 0.5) is 20.6 Å².